The lowest BCUT2D eigenvalue weighted by Gasteiger charge is -2.43. The van der Waals surface area contributed by atoms with Crippen molar-refractivity contribution in [3.05, 3.63) is 0 Å². The van der Waals surface area contributed by atoms with Crippen molar-refractivity contribution in [2.75, 3.05) is 26.3 Å². The molecule has 2 aliphatic rings. The maximum atomic E-state index is 12.8. The molecular formula is C17H30N2O4. The molecule has 0 atom stereocenters. The molecule has 0 saturated carbocycles. The van der Waals surface area contributed by atoms with Gasteiger partial charge in [0.25, 0.3) is 0 Å². The molecule has 0 aromatic carbocycles. The van der Waals surface area contributed by atoms with Gasteiger partial charge < -0.3 is 19.3 Å². The molecule has 6 heteroatoms. The summed E-state index contributed by atoms with van der Waals surface area (Å²) in [5, 5.41) is 0. The first kappa shape index (κ1) is 18.0. The Labute approximate surface area is 139 Å². The van der Waals surface area contributed by atoms with Gasteiger partial charge >= 0.3 is 6.09 Å². The van der Waals surface area contributed by atoms with Crippen molar-refractivity contribution >= 4 is 12.0 Å². The van der Waals surface area contributed by atoms with Gasteiger partial charge in [0.15, 0.2) is 0 Å². The number of nitrogens with zero attached hydrogens (tertiary/aromatic N) is 2. The first-order chi connectivity index (χ1) is 10.8. The van der Waals surface area contributed by atoms with Crippen LogP contribution < -0.4 is 0 Å². The van der Waals surface area contributed by atoms with Crippen molar-refractivity contribution in [2.24, 2.45) is 0 Å². The molecule has 0 N–H and O–H groups in total. The van der Waals surface area contributed by atoms with Crippen molar-refractivity contribution in [1.29, 1.82) is 0 Å². The molecular weight excluding hydrogens is 296 g/mol. The SMILES string of the molecule is CC(=O)N1CCC(N(C(=O)OC(C)(C)C)C2CCOCC2)CC1. The van der Waals surface area contributed by atoms with Crippen LogP contribution in [0, 0.1) is 0 Å². The van der Waals surface area contributed by atoms with Gasteiger partial charge in [-0.05, 0) is 46.5 Å². The summed E-state index contributed by atoms with van der Waals surface area (Å²) in [6.07, 6.45) is 3.11. The predicted molar refractivity (Wildman–Crippen MR) is 87.2 cm³/mol. The van der Waals surface area contributed by atoms with Gasteiger partial charge in [-0.1, -0.05) is 0 Å². The van der Waals surface area contributed by atoms with E-state index in [0.29, 0.717) is 26.3 Å². The third-order valence-corrected chi connectivity index (χ3v) is 4.49. The van der Waals surface area contributed by atoms with E-state index in [-0.39, 0.29) is 24.1 Å². The Kier molecular flexibility index (Phi) is 5.89. The zero-order valence-corrected chi connectivity index (χ0v) is 14.8. The number of amides is 2. The smallest absolute Gasteiger partial charge is 0.410 e. The van der Waals surface area contributed by atoms with Crippen LogP contribution in [-0.4, -0.2) is 65.8 Å². The van der Waals surface area contributed by atoms with Crippen molar-refractivity contribution in [3.63, 3.8) is 0 Å². The fraction of sp³-hybridized carbons (Fsp3) is 0.882. The molecule has 2 rings (SSSR count). The van der Waals surface area contributed by atoms with Gasteiger partial charge in [-0.25, -0.2) is 4.79 Å². The first-order valence-electron chi connectivity index (χ1n) is 8.62. The summed E-state index contributed by atoms with van der Waals surface area (Å²) in [4.78, 5) is 28.0. The lowest BCUT2D eigenvalue weighted by atomic mass is 9.98. The van der Waals surface area contributed by atoms with Crippen molar-refractivity contribution in [2.45, 2.75) is 71.1 Å². The van der Waals surface area contributed by atoms with Gasteiger partial charge in [-0.2, -0.15) is 0 Å². The average molecular weight is 326 g/mol. The van der Waals surface area contributed by atoms with E-state index in [0.717, 1.165) is 25.7 Å². The molecule has 2 saturated heterocycles. The maximum Gasteiger partial charge on any atom is 0.410 e. The first-order valence-corrected chi connectivity index (χ1v) is 8.62. The third-order valence-electron chi connectivity index (χ3n) is 4.49. The zero-order valence-electron chi connectivity index (χ0n) is 14.8. The molecule has 0 aliphatic carbocycles. The van der Waals surface area contributed by atoms with E-state index in [1.54, 1.807) is 6.92 Å². The molecule has 0 unspecified atom stereocenters. The van der Waals surface area contributed by atoms with Crippen molar-refractivity contribution in [3.8, 4) is 0 Å². The highest BCUT2D eigenvalue weighted by Gasteiger charge is 2.36. The van der Waals surface area contributed by atoms with Crippen LogP contribution in [-0.2, 0) is 14.3 Å². The summed E-state index contributed by atoms with van der Waals surface area (Å²) in [6, 6.07) is 0.316. The monoisotopic (exact) mass is 326 g/mol. The summed E-state index contributed by atoms with van der Waals surface area (Å²) >= 11 is 0. The van der Waals surface area contributed by atoms with Crippen LogP contribution in [0.3, 0.4) is 0 Å². The summed E-state index contributed by atoms with van der Waals surface area (Å²) in [5.74, 6) is 0.110. The molecule has 0 radical (unpaired) electrons. The van der Waals surface area contributed by atoms with Gasteiger partial charge in [-0.15, -0.1) is 0 Å². The van der Waals surface area contributed by atoms with Crippen molar-refractivity contribution in [1.82, 2.24) is 9.80 Å². The minimum absolute atomic E-state index is 0.110. The number of carbonyl (C=O) groups is 2. The Morgan fingerprint density at radius 3 is 2.04 bits per heavy atom. The molecule has 0 bridgehead atoms. The lowest BCUT2D eigenvalue weighted by molar-refractivity contribution is -0.130. The predicted octanol–water partition coefficient (Wildman–Crippen LogP) is 2.41. The zero-order chi connectivity index (χ0) is 17.0. The summed E-state index contributed by atoms with van der Waals surface area (Å²) < 4.78 is 11.1. The van der Waals surface area contributed by atoms with Crippen LogP contribution >= 0.6 is 0 Å². The molecule has 0 aromatic heterocycles. The Morgan fingerprint density at radius 2 is 1.57 bits per heavy atom. The largest absolute Gasteiger partial charge is 0.444 e. The molecule has 132 valence electrons. The van der Waals surface area contributed by atoms with Crippen LogP contribution in [0.1, 0.15) is 53.4 Å². The van der Waals surface area contributed by atoms with E-state index in [9.17, 15) is 9.59 Å². The fourth-order valence-electron chi connectivity index (χ4n) is 3.33. The van der Waals surface area contributed by atoms with E-state index >= 15 is 0 Å². The van der Waals surface area contributed by atoms with Gasteiger partial charge in [0.1, 0.15) is 5.60 Å². The molecule has 23 heavy (non-hydrogen) atoms. The molecule has 0 spiro atoms. The lowest BCUT2D eigenvalue weighted by Crippen LogP contribution is -2.54. The highest BCUT2D eigenvalue weighted by molar-refractivity contribution is 5.73. The average Bonchev–Trinajstić information content (AvgIpc) is 2.47. The number of rotatable bonds is 2. The topological polar surface area (TPSA) is 59.1 Å². The minimum atomic E-state index is -0.499. The van der Waals surface area contributed by atoms with Crippen LogP contribution in [0.2, 0.25) is 0 Å². The fourth-order valence-corrected chi connectivity index (χ4v) is 3.33. The molecule has 2 aliphatic heterocycles. The van der Waals surface area contributed by atoms with Crippen LogP contribution in [0.25, 0.3) is 0 Å². The Hall–Kier alpha value is -1.30. The number of hydrogen-bond acceptors (Lipinski definition) is 4. The normalized spacial score (nSPS) is 21.1. The highest BCUT2D eigenvalue weighted by atomic mass is 16.6. The maximum absolute atomic E-state index is 12.8. The quantitative estimate of drug-likeness (QED) is 0.782. The van der Waals surface area contributed by atoms with E-state index < -0.39 is 5.60 Å². The van der Waals surface area contributed by atoms with E-state index in [2.05, 4.69) is 0 Å². The minimum Gasteiger partial charge on any atom is -0.444 e. The summed E-state index contributed by atoms with van der Waals surface area (Å²) in [7, 11) is 0. The third kappa shape index (κ3) is 5.09. The molecule has 6 nitrogen and oxygen atoms in total. The Bertz CT molecular complexity index is 419. The van der Waals surface area contributed by atoms with Gasteiger partial charge in [0.05, 0.1) is 0 Å². The van der Waals surface area contributed by atoms with Gasteiger partial charge in [0.2, 0.25) is 5.91 Å². The number of piperidine rings is 1. The summed E-state index contributed by atoms with van der Waals surface area (Å²) in [5.41, 5.74) is -0.499. The van der Waals surface area contributed by atoms with E-state index in [1.807, 2.05) is 30.6 Å². The number of likely N-dealkylation sites (tertiary alicyclic amines) is 1. The van der Waals surface area contributed by atoms with Crippen LogP contribution in [0.15, 0.2) is 0 Å². The second-order valence-corrected chi connectivity index (χ2v) is 7.47. The standard InChI is InChI=1S/C17H30N2O4/c1-13(20)18-9-5-14(6-10-18)19(15-7-11-22-12-8-15)16(21)23-17(2,3)4/h14-15H,5-12H2,1-4H3. The second kappa shape index (κ2) is 7.51. The second-order valence-electron chi connectivity index (χ2n) is 7.47. The van der Waals surface area contributed by atoms with Gasteiger partial charge in [0, 0.05) is 45.3 Å². The Balaban J connectivity index is 2.07. The molecule has 0 aromatic rings. The molecule has 2 amide bonds. The van der Waals surface area contributed by atoms with Crippen LogP contribution in [0.5, 0.6) is 0 Å². The number of carbonyl (C=O) groups excluding carboxylic acids is 2. The summed E-state index contributed by atoms with van der Waals surface area (Å²) in [6.45, 7) is 10.1. The van der Waals surface area contributed by atoms with Crippen molar-refractivity contribution < 1.29 is 19.1 Å². The van der Waals surface area contributed by atoms with E-state index in [4.69, 9.17) is 9.47 Å². The van der Waals surface area contributed by atoms with Gasteiger partial charge in [-0.3, -0.25) is 4.79 Å². The molecule has 2 heterocycles. The number of ether oxygens (including phenoxy) is 2. The Morgan fingerprint density at radius 1 is 1.04 bits per heavy atom. The van der Waals surface area contributed by atoms with Crippen LogP contribution in [0.4, 0.5) is 4.79 Å². The highest BCUT2D eigenvalue weighted by Crippen LogP contribution is 2.26. The number of hydrogen-bond donors (Lipinski definition) is 0. The molecule has 2 fully saturated rings. The van der Waals surface area contributed by atoms with E-state index in [1.165, 1.54) is 0 Å².